The zero-order valence-corrected chi connectivity index (χ0v) is 13.2. The molecule has 0 aromatic heterocycles. The molecule has 0 spiro atoms. The van der Waals surface area contributed by atoms with E-state index in [4.69, 9.17) is 0 Å². The normalized spacial score (nSPS) is 12.2. The van der Waals surface area contributed by atoms with E-state index in [1.165, 1.54) is 32.0 Å². The van der Waals surface area contributed by atoms with Gasteiger partial charge in [-0.3, -0.25) is 14.1 Å². The molecule has 0 heterocycles. The molecule has 0 unspecified atom stereocenters. The monoisotopic (exact) mass is 334 g/mol. The van der Waals surface area contributed by atoms with E-state index in [1.54, 1.807) is 18.2 Å². The molecule has 7 nitrogen and oxygen atoms in total. The first-order chi connectivity index (χ1) is 10.7. The molecule has 2 aromatic carbocycles. The summed E-state index contributed by atoms with van der Waals surface area (Å²) < 4.78 is 32.1. The van der Waals surface area contributed by atoms with Crippen LogP contribution in [0.3, 0.4) is 0 Å². The van der Waals surface area contributed by atoms with Gasteiger partial charge in [0.15, 0.2) is 17.6 Å². The number of carbonyl (C=O) groups is 2. The molecular weight excluding hydrogens is 320 g/mol. The van der Waals surface area contributed by atoms with Crippen LogP contribution in [-0.4, -0.2) is 30.6 Å². The maximum Gasteiger partial charge on any atom is 0.295 e. The lowest BCUT2D eigenvalue weighted by atomic mass is 10.1. The smallest absolute Gasteiger partial charge is 0.295 e. The van der Waals surface area contributed by atoms with Gasteiger partial charge < -0.3 is 0 Å². The molecule has 0 fully saturated rings. The Kier molecular flexibility index (Phi) is 4.67. The number of nitrogens with zero attached hydrogens (tertiary/aromatic N) is 2. The van der Waals surface area contributed by atoms with Gasteiger partial charge in [0.25, 0.3) is 10.1 Å². The fourth-order valence-corrected chi connectivity index (χ4v) is 2.85. The minimum Gasteiger partial charge on any atom is -0.297 e. The summed E-state index contributed by atoms with van der Waals surface area (Å²) in [5.41, 5.74) is 0.292. The Labute approximate surface area is 132 Å². The fourth-order valence-electron chi connectivity index (χ4n) is 2.15. The van der Waals surface area contributed by atoms with Crippen molar-refractivity contribution in [1.29, 1.82) is 0 Å². The van der Waals surface area contributed by atoms with Crippen LogP contribution in [0.1, 0.15) is 13.8 Å². The van der Waals surface area contributed by atoms with Crippen molar-refractivity contribution in [3.05, 3.63) is 36.4 Å². The number of azo groups is 1. The van der Waals surface area contributed by atoms with Crippen molar-refractivity contribution >= 4 is 38.1 Å². The van der Waals surface area contributed by atoms with Crippen LogP contribution in [0.2, 0.25) is 0 Å². The summed E-state index contributed by atoms with van der Waals surface area (Å²) in [4.78, 5) is 22.5. The highest BCUT2D eigenvalue weighted by Gasteiger charge is 2.19. The number of hydrogen-bond acceptors (Lipinski definition) is 6. The molecular formula is C15H14N2O5S. The van der Waals surface area contributed by atoms with Crippen LogP contribution in [0.15, 0.2) is 51.5 Å². The Balaban J connectivity index is 2.60. The van der Waals surface area contributed by atoms with Crippen molar-refractivity contribution < 1.29 is 22.6 Å². The Bertz CT molecular complexity index is 905. The fraction of sp³-hybridized carbons (Fsp3) is 0.200. The van der Waals surface area contributed by atoms with Gasteiger partial charge in [-0.05, 0) is 26.0 Å². The molecule has 0 amide bonds. The average Bonchev–Trinajstić information content (AvgIpc) is 2.45. The van der Waals surface area contributed by atoms with Gasteiger partial charge in [0.05, 0.1) is 5.69 Å². The van der Waals surface area contributed by atoms with Crippen LogP contribution >= 0.6 is 0 Å². The lowest BCUT2D eigenvalue weighted by molar-refractivity contribution is -0.126. The van der Waals surface area contributed by atoms with E-state index >= 15 is 0 Å². The SMILES string of the molecule is CC(=O)C(N=Nc1cccc2c(S(=O)(=O)O)cccc12)C(C)=O. The molecule has 120 valence electrons. The molecule has 0 aliphatic rings. The number of ketones is 2. The van der Waals surface area contributed by atoms with Crippen LogP contribution in [-0.2, 0) is 19.7 Å². The first-order valence-corrected chi connectivity index (χ1v) is 8.07. The maximum atomic E-state index is 11.4. The molecule has 8 heteroatoms. The molecule has 0 saturated carbocycles. The van der Waals surface area contributed by atoms with E-state index in [-0.39, 0.29) is 10.3 Å². The summed E-state index contributed by atoms with van der Waals surface area (Å²) in [5, 5.41) is 8.36. The van der Waals surface area contributed by atoms with Crippen molar-refractivity contribution in [3.63, 3.8) is 0 Å². The van der Waals surface area contributed by atoms with E-state index in [1.807, 2.05) is 0 Å². The molecule has 23 heavy (non-hydrogen) atoms. The second-order valence-corrected chi connectivity index (χ2v) is 6.33. The number of rotatable bonds is 5. The van der Waals surface area contributed by atoms with Crippen molar-refractivity contribution in [2.75, 3.05) is 0 Å². The number of benzene rings is 2. The van der Waals surface area contributed by atoms with Gasteiger partial charge in [0, 0.05) is 10.8 Å². The van der Waals surface area contributed by atoms with E-state index in [0.717, 1.165) is 0 Å². The summed E-state index contributed by atoms with van der Waals surface area (Å²) in [7, 11) is -4.38. The Morgan fingerprint density at radius 1 is 1.00 bits per heavy atom. The third-order valence-electron chi connectivity index (χ3n) is 3.19. The Morgan fingerprint density at radius 2 is 1.57 bits per heavy atom. The van der Waals surface area contributed by atoms with Gasteiger partial charge in [-0.25, -0.2) is 0 Å². The lowest BCUT2D eigenvalue weighted by Gasteiger charge is -2.06. The Morgan fingerprint density at radius 3 is 2.13 bits per heavy atom. The lowest BCUT2D eigenvalue weighted by Crippen LogP contribution is -2.23. The summed E-state index contributed by atoms with van der Waals surface area (Å²) in [6.07, 6.45) is 0. The van der Waals surface area contributed by atoms with Crippen LogP contribution in [0.4, 0.5) is 5.69 Å². The van der Waals surface area contributed by atoms with Crippen LogP contribution in [0.5, 0.6) is 0 Å². The third-order valence-corrected chi connectivity index (χ3v) is 4.10. The van der Waals surface area contributed by atoms with Gasteiger partial charge in [-0.2, -0.15) is 18.6 Å². The quantitative estimate of drug-likeness (QED) is 0.513. The average molecular weight is 334 g/mol. The predicted octanol–water partition coefficient (Wildman–Crippen LogP) is 2.72. The molecule has 0 atom stereocenters. The van der Waals surface area contributed by atoms with Crippen molar-refractivity contribution in [1.82, 2.24) is 0 Å². The van der Waals surface area contributed by atoms with Gasteiger partial charge in [-0.1, -0.05) is 24.3 Å². The second-order valence-electron chi connectivity index (χ2n) is 4.94. The molecule has 0 aliphatic carbocycles. The topological polar surface area (TPSA) is 113 Å². The summed E-state index contributed by atoms with van der Waals surface area (Å²) in [5.74, 6) is -0.861. The zero-order chi connectivity index (χ0) is 17.2. The predicted molar refractivity (Wildman–Crippen MR) is 83.4 cm³/mol. The summed E-state index contributed by atoms with van der Waals surface area (Å²) in [6.45, 7) is 2.48. The van der Waals surface area contributed by atoms with E-state index < -0.39 is 27.7 Å². The van der Waals surface area contributed by atoms with Crippen LogP contribution in [0.25, 0.3) is 10.8 Å². The molecule has 2 rings (SSSR count). The molecule has 0 saturated heterocycles. The number of hydrogen-bond donors (Lipinski definition) is 1. The zero-order valence-electron chi connectivity index (χ0n) is 12.4. The van der Waals surface area contributed by atoms with Gasteiger partial charge in [0.2, 0.25) is 0 Å². The van der Waals surface area contributed by atoms with Gasteiger partial charge >= 0.3 is 0 Å². The molecule has 1 N–H and O–H groups in total. The highest BCUT2D eigenvalue weighted by molar-refractivity contribution is 7.86. The maximum absolute atomic E-state index is 11.4. The van der Waals surface area contributed by atoms with Crippen molar-refractivity contribution in [2.45, 2.75) is 24.8 Å². The van der Waals surface area contributed by atoms with E-state index in [2.05, 4.69) is 10.2 Å². The van der Waals surface area contributed by atoms with E-state index in [0.29, 0.717) is 11.1 Å². The number of carbonyl (C=O) groups excluding carboxylic acids is 2. The largest absolute Gasteiger partial charge is 0.297 e. The minimum absolute atomic E-state index is 0.248. The highest BCUT2D eigenvalue weighted by atomic mass is 32.2. The number of Topliss-reactive ketones (excluding diaryl/α,β-unsaturated/α-hetero) is 2. The molecule has 0 radical (unpaired) electrons. The van der Waals surface area contributed by atoms with Gasteiger partial charge in [-0.15, -0.1) is 0 Å². The minimum atomic E-state index is -4.38. The molecule has 2 aromatic rings. The van der Waals surface area contributed by atoms with Crippen molar-refractivity contribution in [2.24, 2.45) is 10.2 Å². The first kappa shape index (κ1) is 16.9. The number of fused-ring (bicyclic) bond motifs is 1. The Hall–Kier alpha value is -2.45. The standard InChI is InChI=1S/C15H14N2O5S/c1-9(18)15(10(2)19)17-16-13-7-3-6-12-11(13)5-4-8-14(12)23(20,21)22/h3-8,15H,1-2H3,(H,20,21,22). The van der Waals surface area contributed by atoms with Crippen LogP contribution < -0.4 is 0 Å². The summed E-state index contributed by atoms with van der Waals surface area (Å²) in [6, 6.07) is 7.78. The third kappa shape index (κ3) is 3.66. The second kappa shape index (κ2) is 6.35. The molecule has 0 bridgehead atoms. The summed E-state index contributed by atoms with van der Waals surface area (Å²) >= 11 is 0. The van der Waals surface area contributed by atoms with Gasteiger partial charge in [0.1, 0.15) is 4.90 Å². The van der Waals surface area contributed by atoms with E-state index in [9.17, 15) is 22.6 Å². The molecule has 0 aliphatic heterocycles. The highest BCUT2D eigenvalue weighted by Crippen LogP contribution is 2.30. The van der Waals surface area contributed by atoms with Crippen molar-refractivity contribution in [3.8, 4) is 0 Å². The van der Waals surface area contributed by atoms with Crippen LogP contribution in [0, 0.1) is 0 Å². The first-order valence-electron chi connectivity index (χ1n) is 6.63.